The van der Waals surface area contributed by atoms with Crippen LogP contribution in [0, 0.1) is 11.3 Å². The van der Waals surface area contributed by atoms with Crippen LogP contribution in [-0.2, 0) is 4.79 Å². The van der Waals surface area contributed by atoms with E-state index in [0.29, 0.717) is 20.7 Å². The quantitative estimate of drug-likeness (QED) is 0.166. The van der Waals surface area contributed by atoms with Gasteiger partial charge in [-0.2, -0.15) is 14.6 Å². The van der Waals surface area contributed by atoms with E-state index in [1.165, 1.54) is 41.3 Å². The van der Waals surface area contributed by atoms with Gasteiger partial charge in [0, 0.05) is 11.5 Å². The second-order valence-electron chi connectivity index (χ2n) is 5.50. The molecule has 30 heavy (non-hydrogen) atoms. The number of esters is 1. The zero-order valence-corrected chi connectivity index (χ0v) is 18.6. The second-order valence-corrected chi connectivity index (χ2v) is 8.83. The van der Waals surface area contributed by atoms with Crippen molar-refractivity contribution in [2.75, 3.05) is 11.1 Å². The number of nitrogens with zero attached hydrogens (tertiary/aromatic N) is 3. The molecule has 0 saturated heterocycles. The van der Waals surface area contributed by atoms with E-state index in [1.54, 1.807) is 23.6 Å². The summed E-state index contributed by atoms with van der Waals surface area (Å²) in [4.78, 5) is 29.1. The van der Waals surface area contributed by atoms with Crippen molar-refractivity contribution in [2.45, 2.75) is 12.1 Å². The Balaban J connectivity index is 1.71. The van der Waals surface area contributed by atoms with E-state index in [2.05, 4.69) is 14.7 Å². The molecule has 0 aliphatic rings. The number of rotatable bonds is 7. The summed E-state index contributed by atoms with van der Waals surface area (Å²) in [5, 5.41) is 14.7. The minimum Gasteiger partial charge on any atom is -0.421 e. The van der Waals surface area contributed by atoms with Gasteiger partial charge in [0.05, 0.1) is 5.02 Å². The number of thioether (sulfide) groups is 1. The lowest BCUT2D eigenvalue weighted by molar-refractivity contribution is -0.112. The van der Waals surface area contributed by atoms with E-state index in [4.69, 9.17) is 16.3 Å². The number of hydrogen-bond donors (Lipinski definition) is 1. The second kappa shape index (κ2) is 10.4. The number of halogens is 1. The molecule has 0 aliphatic heterocycles. The number of nitriles is 1. The van der Waals surface area contributed by atoms with Gasteiger partial charge < -0.3 is 4.74 Å². The average molecular weight is 477 g/mol. The minimum absolute atomic E-state index is 0.130. The van der Waals surface area contributed by atoms with Gasteiger partial charge in [0.15, 0.2) is 0 Å². The molecule has 3 rings (SSSR count). The van der Waals surface area contributed by atoms with Crippen LogP contribution in [0.4, 0.5) is 5.13 Å². The van der Waals surface area contributed by atoms with Crippen LogP contribution in [0.15, 0.2) is 46.4 Å². The molecule has 1 N–H and O–H groups in total. The number of thiophene rings is 1. The molecule has 1 aromatic carbocycles. The molecule has 0 fully saturated rings. The lowest BCUT2D eigenvalue weighted by Gasteiger charge is -2.06. The number of carbonyl (C=O) groups is 2. The Morgan fingerprint density at radius 2 is 2.23 bits per heavy atom. The van der Waals surface area contributed by atoms with Crippen LogP contribution in [0.5, 0.6) is 5.75 Å². The first-order chi connectivity index (χ1) is 14.5. The zero-order valence-electron chi connectivity index (χ0n) is 15.4. The molecule has 0 aliphatic carbocycles. The highest BCUT2D eigenvalue weighted by atomic mass is 35.5. The van der Waals surface area contributed by atoms with Crippen LogP contribution in [0.2, 0.25) is 5.02 Å². The minimum atomic E-state index is -0.606. The van der Waals surface area contributed by atoms with E-state index in [-0.39, 0.29) is 16.3 Å². The number of hydrogen-bond acceptors (Lipinski definition) is 9. The SMILES string of the molecule is CCSc1nsc(NC(=O)C(C#N)=Cc2ccc(OC(=O)c3cccs3)c(Cl)c2)n1. The molecule has 3 aromatic rings. The highest BCUT2D eigenvalue weighted by molar-refractivity contribution is 7.99. The first-order valence-corrected chi connectivity index (χ1v) is 11.5. The van der Waals surface area contributed by atoms with Crippen molar-refractivity contribution in [1.29, 1.82) is 5.26 Å². The van der Waals surface area contributed by atoms with E-state index in [9.17, 15) is 14.9 Å². The van der Waals surface area contributed by atoms with E-state index >= 15 is 0 Å². The molecule has 0 unspecified atom stereocenters. The largest absolute Gasteiger partial charge is 0.421 e. The maximum atomic E-state index is 12.4. The van der Waals surface area contributed by atoms with Gasteiger partial charge in [0.1, 0.15) is 22.3 Å². The Kier molecular flexibility index (Phi) is 7.59. The molecule has 1 amide bonds. The Bertz CT molecular complexity index is 1140. The number of aromatic nitrogens is 2. The van der Waals surface area contributed by atoms with Crippen LogP contribution < -0.4 is 10.1 Å². The first kappa shape index (κ1) is 22.0. The van der Waals surface area contributed by atoms with E-state index in [0.717, 1.165) is 17.3 Å². The summed E-state index contributed by atoms with van der Waals surface area (Å²) in [6, 6.07) is 9.86. The molecule has 152 valence electrons. The molecular formula is C19H13ClN4O3S3. The van der Waals surface area contributed by atoms with Crippen molar-refractivity contribution in [1.82, 2.24) is 9.36 Å². The Morgan fingerprint density at radius 1 is 1.40 bits per heavy atom. The summed E-state index contributed by atoms with van der Waals surface area (Å²) in [5.41, 5.74) is 0.372. The van der Waals surface area contributed by atoms with Gasteiger partial charge >= 0.3 is 5.97 Å². The summed E-state index contributed by atoms with van der Waals surface area (Å²) in [7, 11) is 0. The summed E-state index contributed by atoms with van der Waals surface area (Å²) >= 11 is 9.95. The molecule has 0 radical (unpaired) electrons. The van der Waals surface area contributed by atoms with Gasteiger partial charge in [0.25, 0.3) is 5.91 Å². The highest BCUT2D eigenvalue weighted by Crippen LogP contribution is 2.28. The number of benzene rings is 1. The highest BCUT2D eigenvalue weighted by Gasteiger charge is 2.15. The van der Waals surface area contributed by atoms with E-state index in [1.807, 2.05) is 13.0 Å². The molecule has 7 nitrogen and oxygen atoms in total. The van der Waals surface area contributed by atoms with Crippen LogP contribution in [0.3, 0.4) is 0 Å². The monoisotopic (exact) mass is 476 g/mol. The molecular weight excluding hydrogens is 464 g/mol. The average Bonchev–Trinajstić information content (AvgIpc) is 3.40. The molecule has 0 spiro atoms. The summed E-state index contributed by atoms with van der Waals surface area (Å²) in [6.07, 6.45) is 1.38. The molecule has 0 atom stereocenters. The van der Waals surface area contributed by atoms with Crippen LogP contribution in [0.1, 0.15) is 22.2 Å². The van der Waals surface area contributed by atoms with Crippen molar-refractivity contribution in [2.24, 2.45) is 0 Å². The van der Waals surface area contributed by atoms with Crippen molar-refractivity contribution >= 4 is 69.3 Å². The van der Waals surface area contributed by atoms with Gasteiger partial charge in [-0.15, -0.1) is 11.3 Å². The first-order valence-electron chi connectivity index (χ1n) is 8.45. The topological polar surface area (TPSA) is 105 Å². The molecule has 2 heterocycles. The van der Waals surface area contributed by atoms with Gasteiger partial charge in [-0.25, -0.2) is 4.79 Å². The third-order valence-corrected chi connectivity index (χ3v) is 6.08. The maximum absolute atomic E-state index is 12.4. The molecule has 0 bridgehead atoms. The van der Waals surface area contributed by atoms with Crippen molar-refractivity contribution in [3.05, 3.63) is 56.7 Å². The number of nitrogens with one attached hydrogen (secondary N) is 1. The van der Waals surface area contributed by atoms with Gasteiger partial charge in [0.2, 0.25) is 10.3 Å². The van der Waals surface area contributed by atoms with Crippen LogP contribution >= 0.6 is 46.2 Å². The Labute approximate surface area is 189 Å². The molecule has 0 saturated carbocycles. The Morgan fingerprint density at radius 3 is 2.90 bits per heavy atom. The Hall–Kier alpha value is -2.71. The number of amides is 1. The number of ether oxygens (including phenoxy) is 1. The predicted octanol–water partition coefficient (Wildman–Crippen LogP) is 5.13. The van der Waals surface area contributed by atoms with Crippen LogP contribution in [0.25, 0.3) is 6.08 Å². The fraction of sp³-hybridized carbons (Fsp3) is 0.105. The molecule has 2 aromatic heterocycles. The van der Waals surface area contributed by atoms with Crippen LogP contribution in [-0.4, -0.2) is 27.0 Å². The van der Waals surface area contributed by atoms with Crippen molar-refractivity contribution < 1.29 is 14.3 Å². The van der Waals surface area contributed by atoms with Crippen molar-refractivity contribution in [3.63, 3.8) is 0 Å². The number of anilines is 1. The summed E-state index contributed by atoms with van der Waals surface area (Å²) < 4.78 is 9.39. The lowest BCUT2D eigenvalue weighted by atomic mass is 10.1. The normalized spacial score (nSPS) is 11.0. The third-order valence-electron chi connectivity index (χ3n) is 3.46. The van der Waals surface area contributed by atoms with Gasteiger partial charge in [-0.05, 0) is 41.0 Å². The standard InChI is InChI=1S/C19H13ClN4O3S3/c1-2-28-19-23-18(30-24-19)22-16(25)12(10-21)8-11-5-6-14(13(20)9-11)27-17(26)15-4-3-7-29-15/h3-9H,2H2,1H3,(H,22,23,24,25). The van der Waals surface area contributed by atoms with Gasteiger partial charge in [-0.3, -0.25) is 10.1 Å². The van der Waals surface area contributed by atoms with E-state index < -0.39 is 11.9 Å². The summed E-state index contributed by atoms with van der Waals surface area (Å²) in [5.74, 6) is -0.117. The predicted molar refractivity (Wildman–Crippen MR) is 119 cm³/mol. The summed E-state index contributed by atoms with van der Waals surface area (Å²) in [6.45, 7) is 1.97. The zero-order chi connectivity index (χ0) is 21.5. The third kappa shape index (κ3) is 5.67. The fourth-order valence-corrected chi connectivity index (χ4v) is 4.25. The lowest BCUT2D eigenvalue weighted by Crippen LogP contribution is -2.13. The maximum Gasteiger partial charge on any atom is 0.353 e. The fourth-order valence-electron chi connectivity index (χ4n) is 2.16. The van der Waals surface area contributed by atoms with Gasteiger partial charge in [-0.1, -0.05) is 42.4 Å². The van der Waals surface area contributed by atoms with Crippen molar-refractivity contribution in [3.8, 4) is 11.8 Å². The smallest absolute Gasteiger partial charge is 0.353 e. The molecule has 11 heteroatoms. The number of carbonyl (C=O) groups excluding carboxylic acids is 2.